The van der Waals surface area contributed by atoms with Crippen molar-refractivity contribution in [3.8, 4) is 0 Å². The number of aldehydes is 1. The molecule has 0 amide bonds. The first-order valence-electron chi connectivity index (χ1n) is 6.39. The Morgan fingerprint density at radius 2 is 2.10 bits per heavy atom. The molecule has 6 heteroatoms. The smallest absolute Gasteiger partial charge is 0.383 e. The number of halogens is 3. The van der Waals surface area contributed by atoms with E-state index < -0.39 is 11.7 Å². The number of alkyl halides is 3. The van der Waals surface area contributed by atoms with Gasteiger partial charge >= 0.3 is 6.18 Å². The lowest BCUT2D eigenvalue weighted by Gasteiger charge is -2.27. The minimum absolute atomic E-state index is 0.0311. The van der Waals surface area contributed by atoms with Crippen molar-refractivity contribution in [1.82, 2.24) is 0 Å². The van der Waals surface area contributed by atoms with Gasteiger partial charge in [-0.3, -0.25) is 4.79 Å². The van der Waals surface area contributed by atoms with Crippen molar-refractivity contribution >= 4 is 12.0 Å². The number of nitrogens with zero attached hydrogens (tertiary/aromatic N) is 1. The van der Waals surface area contributed by atoms with Crippen LogP contribution in [0.15, 0.2) is 18.2 Å². The molecule has 110 valence electrons. The van der Waals surface area contributed by atoms with Crippen molar-refractivity contribution in [3.05, 3.63) is 29.3 Å². The summed E-state index contributed by atoms with van der Waals surface area (Å²) in [5.74, 6) is 0. The highest BCUT2D eigenvalue weighted by Crippen LogP contribution is 2.40. The van der Waals surface area contributed by atoms with Gasteiger partial charge in [-0.15, -0.1) is 0 Å². The van der Waals surface area contributed by atoms with Crippen LogP contribution >= 0.6 is 0 Å². The van der Waals surface area contributed by atoms with Crippen molar-refractivity contribution in [2.75, 3.05) is 25.2 Å². The van der Waals surface area contributed by atoms with Gasteiger partial charge in [-0.1, -0.05) is 0 Å². The quantitative estimate of drug-likeness (QED) is 0.753. The van der Waals surface area contributed by atoms with E-state index in [1.807, 2.05) is 0 Å². The molecule has 1 aromatic rings. The molecule has 1 aromatic carbocycles. The SMILES string of the molecule is COCCN(c1ccc(C=O)cc1C(F)(F)F)C1CC1. The fourth-order valence-corrected chi connectivity index (χ4v) is 2.18. The van der Waals surface area contributed by atoms with Crippen LogP contribution < -0.4 is 4.90 Å². The molecule has 0 bridgehead atoms. The molecule has 0 aromatic heterocycles. The highest BCUT2D eigenvalue weighted by atomic mass is 19.4. The normalized spacial score (nSPS) is 15.2. The predicted octanol–water partition coefficient (Wildman–Crippen LogP) is 3.13. The van der Waals surface area contributed by atoms with Crippen LogP contribution in [0, 0.1) is 0 Å². The number of carbonyl (C=O) groups is 1. The molecule has 20 heavy (non-hydrogen) atoms. The summed E-state index contributed by atoms with van der Waals surface area (Å²) in [6.45, 7) is 0.772. The third kappa shape index (κ3) is 3.30. The number of benzene rings is 1. The molecule has 0 atom stereocenters. The van der Waals surface area contributed by atoms with Gasteiger partial charge in [-0.2, -0.15) is 13.2 Å². The minimum Gasteiger partial charge on any atom is -0.383 e. The fourth-order valence-electron chi connectivity index (χ4n) is 2.18. The molecule has 0 unspecified atom stereocenters. The van der Waals surface area contributed by atoms with Crippen LogP contribution in [-0.4, -0.2) is 32.6 Å². The Morgan fingerprint density at radius 3 is 2.60 bits per heavy atom. The molecule has 0 spiro atoms. The number of rotatable bonds is 6. The molecule has 1 saturated carbocycles. The van der Waals surface area contributed by atoms with Gasteiger partial charge in [0.1, 0.15) is 6.29 Å². The Labute approximate surface area is 115 Å². The van der Waals surface area contributed by atoms with Crippen LogP contribution in [0.5, 0.6) is 0 Å². The second-order valence-corrected chi connectivity index (χ2v) is 4.81. The van der Waals surface area contributed by atoms with Crippen LogP contribution in [0.3, 0.4) is 0 Å². The van der Waals surface area contributed by atoms with E-state index in [0.29, 0.717) is 19.4 Å². The lowest BCUT2D eigenvalue weighted by Crippen LogP contribution is -2.31. The zero-order chi connectivity index (χ0) is 14.8. The maximum atomic E-state index is 13.2. The van der Waals surface area contributed by atoms with E-state index >= 15 is 0 Å². The number of methoxy groups -OCH3 is 1. The van der Waals surface area contributed by atoms with E-state index in [4.69, 9.17) is 4.74 Å². The maximum Gasteiger partial charge on any atom is 0.418 e. The first-order valence-corrected chi connectivity index (χ1v) is 6.39. The summed E-state index contributed by atoms with van der Waals surface area (Å²) >= 11 is 0. The van der Waals surface area contributed by atoms with E-state index in [1.54, 1.807) is 4.90 Å². The molecule has 0 radical (unpaired) electrons. The van der Waals surface area contributed by atoms with Crippen molar-refractivity contribution in [1.29, 1.82) is 0 Å². The van der Waals surface area contributed by atoms with Crippen LogP contribution in [0.25, 0.3) is 0 Å². The van der Waals surface area contributed by atoms with Gasteiger partial charge in [0.15, 0.2) is 0 Å². The average Bonchev–Trinajstić information content (AvgIpc) is 3.23. The van der Waals surface area contributed by atoms with Crippen LogP contribution in [0.2, 0.25) is 0 Å². The second-order valence-electron chi connectivity index (χ2n) is 4.81. The lowest BCUT2D eigenvalue weighted by molar-refractivity contribution is -0.137. The third-order valence-electron chi connectivity index (χ3n) is 3.30. The van der Waals surface area contributed by atoms with Crippen molar-refractivity contribution in [2.45, 2.75) is 25.1 Å². The van der Waals surface area contributed by atoms with Gasteiger partial charge in [0.2, 0.25) is 0 Å². The Kier molecular flexibility index (Phi) is 4.32. The zero-order valence-electron chi connectivity index (χ0n) is 11.1. The van der Waals surface area contributed by atoms with Crippen LogP contribution in [-0.2, 0) is 10.9 Å². The van der Waals surface area contributed by atoms with Crippen molar-refractivity contribution < 1.29 is 22.7 Å². The predicted molar refractivity (Wildman–Crippen MR) is 69.1 cm³/mol. The molecule has 1 fully saturated rings. The summed E-state index contributed by atoms with van der Waals surface area (Å²) in [5.41, 5.74) is -0.601. The second kappa shape index (κ2) is 5.83. The highest BCUT2D eigenvalue weighted by Gasteiger charge is 2.38. The molecule has 1 aliphatic rings. The van der Waals surface area contributed by atoms with Crippen molar-refractivity contribution in [2.24, 2.45) is 0 Å². The maximum absolute atomic E-state index is 13.2. The van der Waals surface area contributed by atoms with E-state index in [9.17, 15) is 18.0 Å². The van der Waals surface area contributed by atoms with Crippen LogP contribution in [0.1, 0.15) is 28.8 Å². The molecular formula is C14H16F3NO2. The Balaban J connectivity index is 2.39. The fraction of sp³-hybridized carbons (Fsp3) is 0.500. The van der Waals surface area contributed by atoms with Gasteiger partial charge in [0, 0.05) is 30.9 Å². The van der Waals surface area contributed by atoms with E-state index in [0.717, 1.165) is 18.9 Å². The largest absolute Gasteiger partial charge is 0.418 e. The van der Waals surface area contributed by atoms with Crippen LogP contribution in [0.4, 0.5) is 18.9 Å². The van der Waals surface area contributed by atoms with Gasteiger partial charge < -0.3 is 9.64 Å². The van der Waals surface area contributed by atoms with Crippen molar-refractivity contribution in [3.63, 3.8) is 0 Å². The average molecular weight is 287 g/mol. The summed E-state index contributed by atoms with van der Waals surface area (Å²) in [4.78, 5) is 12.4. The zero-order valence-corrected chi connectivity index (χ0v) is 11.1. The number of ether oxygens (including phenoxy) is 1. The number of hydrogen-bond donors (Lipinski definition) is 0. The van der Waals surface area contributed by atoms with Gasteiger partial charge in [-0.05, 0) is 31.0 Å². The number of hydrogen-bond acceptors (Lipinski definition) is 3. The molecule has 0 saturated heterocycles. The minimum atomic E-state index is -4.48. The summed E-state index contributed by atoms with van der Waals surface area (Å²) in [7, 11) is 1.52. The first kappa shape index (κ1) is 14.8. The van der Waals surface area contributed by atoms with Gasteiger partial charge in [0.05, 0.1) is 12.2 Å². The first-order chi connectivity index (χ1) is 9.47. The summed E-state index contributed by atoms with van der Waals surface area (Å²) in [6.07, 6.45) is -2.28. The Morgan fingerprint density at radius 1 is 1.40 bits per heavy atom. The molecule has 0 N–H and O–H groups in total. The molecular weight excluding hydrogens is 271 g/mol. The highest BCUT2D eigenvalue weighted by molar-refractivity contribution is 5.77. The van der Waals surface area contributed by atoms with E-state index in [1.165, 1.54) is 19.2 Å². The topological polar surface area (TPSA) is 29.5 Å². The number of carbonyl (C=O) groups excluding carboxylic acids is 1. The van der Waals surface area contributed by atoms with Gasteiger partial charge in [-0.25, -0.2) is 0 Å². The Hall–Kier alpha value is -1.56. The van der Waals surface area contributed by atoms with E-state index in [2.05, 4.69) is 0 Å². The molecule has 2 rings (SSSR count). The standard InChI is InChI=1S/C14H16F3NO2/c1-20-7-6-18(11-3-4-11)13-5-2-10(9-19)8-12(13)14(15,16)17/h2,5,8-9,11H,3-4,6-7H2,1H3. The molecule has 1 aliphatic carbocycles. The monoisotopic (exact) mass is 287 g/mol. The molecule has 0 heterocycles. The third-order valence-corrected chi connectivity index (χ3v) is 3.30. The Bertz CT molecular complexity index is 484. The molecule has 0 aliphatic heterocycles. The lowest BCUT2D eigenvalue weighted by atomic mass is 10.1. The number of anilines is 1. The van der Waals surface area contributed by atoms with E-state index in [-0.39, 0.29) is 17.3 Å². The summed E-state index contributed by atoms with van der Waals surface area (Å²) < 4.78 is 44.4. The summed E-state index contributed by atoms with van der Waals surface area (Å²) in [5, 5.41) is 0. The summed E-state index contributed by atoms with van der Waals surface area (Å²) in [6, 6.07) is 3.83. The van der Waals surface area contributed by atoms with Gasteiger partial charge in [0.25, 0.3) is 0 Å². The molecule has 3 nitrogen and oxygen atoms in total.